The molecule has 1 amide bonds. The SMILES string of the molecule is Cc1cc(N2CCC(C(=O)NCCCN3CCCCC3)CC2)n2nc(-c3ccc(F)cc3)cc2n1. The fourth-order valence-electron chi connectivity index (χ4n) is 5.28. The van der Waals surface area contributed by atoms with E-state index in [1.807, 2.05) is 17.5 Å². The first kappa shape index (κ1) is 23.7. The first-order chi connectivity index (χ1) is 17.1. The third kappa shape index (κ3) is 5.64. The predicted octanol–water partition coefficient (Wildman–Crippen LogP) is 4.05. The summed E-state index contributed by atoms with van der Waals surface area (Å²) < 4.78 is 15.2. The molecule has 35 heavy (non-hydrogen) atoms. The molecule has 1 N–H and O–H groups in total. The van der Waals surface area contributed by atoms with Crippen LogP contribution < -0.4 is 10.2 Å². The van der Waals surface area contributed by atoms with Gasteiger partial charge in [-0.15, -0.1) is 0 Å². The Balaban J connectivity index is 1.18. The lowest BCUT2D eigenvalue weighted by molar-refractivity contribution is -0.125. The third-order valence-corrected chi connectivity index (χ3v) is 7.27. The highest BCUT2D eigenvalue weighted by atomic mass is 19.1. The van der Waals surface area contributed by atoms with Gasteiger partial charge in [0.2, 0.25) is 5.91 Å². The van der Waals surface area contributed by atoms with E-state index in [-0.39, 0.29) is 17.6 Å². The van der Waals surface area contributed by atoms with E-state index in [4.69, 9.17) is 5.10 Å². The number of carbonyl (C=O) groups is 1. The first-order valence-electron chi connectivity index (χ1n) is 13.0. The normalized spacial score (nSPS) is 17.7. The quantitative estimate of drug-likeness (QED) is 0.519. The van der Waals surface area contributed by atoms with Crippen LogP contribution in [0.1, 0.15) is 44.2 Å². The van der Waals surface area contributed by atoms with Gasteiger partial charge in [0.15, 0.2) is 5.65 Å². The van der Waals surface area contributed by atoms with Crippen molar-refractivity contribution in [2.75, 3.05) is 44.2 Å². The van der Waals surface area contributed by atoms with Gasteiger partial charge in [-0.1, -0.05) is 6.42 Å². The standard InChI is InChI=1S/C27H35FN6O/c1-20-18-26(34-25(30-20)19-24(31-34)21-6-8-23(28)9-7-21)33-16-10-22(11-17-33)27(35)29-12-5-15-32-13-3-2-4-14-32/h6-9,18-19,22H,2-5,10-17H2,1H3,(H,29,35). The van der Waals surface area contributed by atoms with E-state index >= 15 is 0 Å². The highest BCUT2D eigenvalue weighted by molar-refractivity contribution is 5.79. The Kier molecular flexibility index (Phi) is 7.27. The van der Waals surface area contributed by atoms with Crippen LogP contribution in [-0.4, -0.2) is 64.7 Å². The Morgan fingerprint density at radius 2 is 1.80 bits per heavy atom. The smallest absolute Gasteiger partial charge is 0.223 e. The van der Waals surface area contributed by atoms with Crippen LogP contribution in [0.5, 0.6) is 0 Å². The number of anilines is 1. The van der Waals surface area contributed by atoms with E-state index in [2.05, 4.69) is 26.2 Å². The number of likely N-dealkylation sites (tertiary alicyclic amines) is 1. The van der Waals surface area contributed by atoms with Gasteiger partial charge in [0.25, 0.3) is 0 Å². The van der Waals surface area contributed by atoms with E-state index in [0.717, 1.165) is 73.9 Å². The van der Waals surface area contributed by atoms with Gasteiger partial charge in [-0.25, -0.2) is 9.37 Å². The molecule has 2 aliphatic rings. The van der Waals surface area contributed by atoms with Crippen molar-refractivity contribution >= 4 is 17.4 Å². The number of carbonyl (C=O) groups excluding carboxylic acids is 1. The molecule has 2 fully saturated rings. The second-order valence-corrected chi connectivity index (χ2v) is 9.87. The number of nitrogens with zero attached hydrogens (tertiary/aromatic N) is 5. The number of halogens is 1. The van der Waals surface area contributed by atoms with Gasteiger partial charge in [0.05, 0.1) is 5.69 Å². The molecule has 0 atom stereocenters. The number of aryl methyl sites for hydroxylation is 1. The van der Waals surface area contributed by atoms with Crippen molar-refractivity contribution in [1.82, 2.24) is 24.8 Å². The summed E-state index contributed by atoms with van der Waals surface area (Å²) in [6, 6.07) is 10.4. The summed E-state index contributed by atoms with van der Waals surface area (Å²) >= 11 is 0. The fourth-order valence-corrected chi connectivity index (χ4v) is 5.28. The molecule has 2 aliphatic heterocycles. The molecule has 186 valence electrons. The van der Waals surface area contributed by atoms with Crippen molar-refractivity contribution < 1.29 is 9.18 Å². The van der Waals surface area contributed by atoms with Crippen LogP contribution in [0.25, 0.3) is 16.9 Å². The topological polar surface area (TPSA) is 65.8 Å². The van der Waals surface area contributed by atoms with Crippen LogP contribution in [0.2, 0.25) is 0 Å². The van der Waals surface area contributed by atoms with Gasteiger partial charge in [-0.05, 0) is 82.9 Å². The Morgan fingerprint density at radius 3 is 2.54 bits per heavy atom. The monoisotopic (exact) mass is 478 g/mol. The van der Waals surface area contributed by atoms with Gasteiger partial charge in [0.1, 0.15) is 11.6 Å². The van der Waals surface area contributed by atoms with E-state index in [1.165, 1.54) is 44.5 Å². The molecule has 5 rings (SSSR count). The lowest BCUT2D eigenvalue weighted by Crippen LogP contribution is -2.42. The Morgan fingerprint density at radius 1 is 1.06 bits per heavy atom. The minimum atomic E-state index is -0.263. The molecular formula is C27H35FN6O. The van der Waals surface area contributed by atoms with E-state index in [0.29, 0.717) is 0 Å². The number of fused-ring (bicyclic) bond motifs is 1. The van der Waals surface area contributed by atoms with Crippen LogP contribution in [0, 0.1) is 18.7 Å². The van der Waals surface area contributed by atoms with Gasteiger partial charge in [-0.2, -0.15) is 9.61 Å². The number of benzene rings is 1. The third-order valence-electron chi connectivity index (χ3n) is 7.27. The highest BCUT2D eigenvalue weighted by Crippen LogP contribution is 2.27. The Hall–Kier alpha value is -3.00. The van der Waals surface area contributed by atoms with Gasteiger partial charge in [-0.3, -0.25) is 4.79 Å². The number of nitrogens with one attached hydrogen (secondary N) is 1. The summed E-state index contributed by atoms with van der Waals surface area (Å²) in [6.45, 7) is 7.84. The Labute approximate surface area is 206 Å². The lowest BCUT2D eigenvalue weighted by Gasteiger charge is -2.33. The molecule has 2 aromatic heterocycles. The van der Waals surface area contributed by atoms with Gasteiger partial charge < -0.3 is 15.1 Å². The highest BCUT2D eigenvalue weighted by Gasteiger charge is 2.26. The second-order valence-electron chi connectivity index (χ2n) is 9.87. The Bertz CT molecular complexity index is 1150. The zero-order valence-corrected chi connectivity index (χ0v) is 20.5. The number of rotatable bonds is 7. The number of piperidine rings is 2. The average Bonchev–Trinajstić information content (AvgIpc) is 3.31. The number of aromatic nitrogens is 3. The summed E-state index contributed by atoms with van der Waals surface area (Å²) in [5.41, 5.74) is 3.32. The summed E-state index contributed by atoms with van der Waals surface area (Å²) in [5, 5.41) is 7.95. The summed E-state index contributed by atoms with van der Waals surface area (Å²) in [6.07, 6.45) is 6.64. The van der Waals surface area contributed by atoms with Crippen molar-refractivity contribution in [3.63, 3.8) is 0 Å². The molecule has 8 heteroatoms. The fraction of sp³-hybridized carbons (Fsp3) is 0.519. The van der Waals surface area contributed by atoms with Crippen molar-refractivity contribution in [3.8, 4) is 11.3 Å². The van der Waals surface area contributed by atoms with Crippen LogP contribution in [0.15, 0.2) is 36.4 Å². The molecule has 0 bridgehead atoms. The lowest BCUT2D eigenvalue weighted by atomic mass is 9.96. The van der Waals surface area contributed by atoms with Crippen molar-refractivity contribution in [1.29, 1.82) is 0 Å². The maximum atomic E-state index is 13.3. The van der Waals surface area contributed by atoms with Crippen LogP contribution in [0.4, 0.5) is 10.2 Å². The maximum Gasteiger partial charge on any atom is 0.223 e. The largest absolute Gasteiger partial charge is 0.356 e. The van der Waals surface area contributed by atoms with Crippen LogP contribution in [0.3, 0.4) is 0 Å². The molecule has 0 unspecified atom stereocenters. The molecular weight excluding hydrogens is 443 g/mol. The summed E-state index contributed by atoms with van der Waals surface area (Å²) in [5.74, 6) is 0.978. The molecule has 0 aliphatic carbocycles. The van der Waals surface area contributed by atoms with Crippen molar-refractivity contribution in [2.45, 2.75) is 45.4 Å². The molecule has 2 saturated heterocycles. The van der Waals surface area contributed by atoms with Crippen molar-refractivity contribution in [3.05, 3.63) is 47.9 Å². The molecule has 3 aromatic rings. The zero-order chi connectivity index (χ0) is 24.2. The molecule has 0 saturated carbocycles. The molecule has 0 radical (unpaired) electrons. The molecule has 4 heterocycles. The maximum absolute atomic E-state index is 13.3. The number of amides is 1. The second kappa shape index (κ2) is 10.7. The number of hydrogen-bond donors (Lipinski definition) is 1. The van der Waals surface area contributed by atoms with E-state index in [9.17, 15) is 9.18 Å². The summed E-state index contributed by atoms with van der Waals surface area (Å²) in [7, 11) is 0. The van der Waals surface area contributed by atoms with E-state index < -0.39 is 0 Å². The minimum absolute atomic E-state index is 0.0621. The van der Waals surface area contributed by atoms with Crippen molar-refractivity contribution in [2.24, 2.45) is 5.92 Å². The molecule has 0 spiro atoms. The summed E-state index contributed by atoms with van der Waals surface area (Å²) in [4.78, 5) is 22.2. The van der Waals surface area contributed by atoms with E-state index in [1.54, 1.807) is 12.1 Å². The van der Waals surface area contributed by atoms with Gasteiger partial charge >= 0.3 is 0 Å². The van der Waals surface area contributed by atoms with Crippen LogP contribution in [-0.2, 0) is 4.79 Å². The van der Waals surface area contributed by atoms with Crippen LogP contribution >= 0.6 is 0 Å². The first-order valence-corrected chi connectivity index (χ1v) is 13.0. The molecule has 7 nitrogen and oxygen atoms in total. The van der Waals surface area contributed by atoms with Gasteiger partial charge in [0, 0.05) is 48.9 Å². The number of hydrogen-bond acceptors (Lipinski definition) is 5. The zero-order valence-electron chi connectivity index (χ0n) is 20.5. The molecule has 1 aromatic carbocycles. The average molecular weight is 479 g/mol. The predicted molar refractivity (Wildman–Crippen MR) is 136 cm³/mol. The minimum Gasteiger partial charge on any atom is -0.356 e.